The topological polar surface area (TPSA) is 73.1 Å². The Bertz CT molecular complexity index is 469. The molecule has 1 aromatic heterocycles. The van der Waals surface area contributed by atoms with Crippen molar-refractivity contribution in [2.24, 2.45) is 5.14 Å². The van der Waals surface area contributed by atoms with Gasteiger partial charge in [-0.3, -0.25) is 0 Å². The number of aromatic nitrogens is 1. The van der Waals surface area contributed by atoms with E-state index in [9.17, 15) is 17.2 Å². The normalized spacial score (nSPS) is 12.1. The Kier molecular flexibility index (Phi) is 4.22. The van der Waals surface area contributed by atoms with Crippen LogP contribution in [0.5, 0.6) is 0 Å². The van der Waals surface area contributed by atoms with Gasteiger partial charge in [0.1, 0.15) is 3.70 Å². The molecule has 0 aromatic carbocycles. The van der Waals surface area contributed by atoms with E-state index >= 15 is 0 Å². The van der Waals surface area contributed by atoms with E-state index in [1.165, 1.54) is 0 Å². The van der Waals surface area contributed by atoms with Crippen molar-refractivity contribution in [1.29, 1.82) is 0 Å². The number of alkyl halides is 2. The number of pyridine rings is 1. The molecule has 9 heteroatoms. The maximum absolute atomic E-state index is 12.5. The smallest absolute Gasteiger partial charge is 0.228 e. The Labute approximate surface area is 112 Å². The fraction of sp³-hybridized carbons (Fsp3) is 0.167. The lowest BCUT2D eigenvalue weighted by Gasteiger charge is -2.07. The van der Waals surface area contributed by atoms with Gasteiger partial charge in [-0.1, -0.05) is 0 Å². The monoisotopic (exact) mass is 460 g/mol. The molecule has 0 aliphatic carbocycles. The summed E-state index contributed by atoms with van der Waals surface area (Å²) in [5.74, 6) is 0. The second-order valence-corrected chi connectivity index (χ2v) is 6.18. The molecule has 0 spiro atoms. The SMILES string of the molecule is NS(=O)(=O)c1cc(I)c(C(F)F)c(I)n1. The van der Waals surface area contributed by atoms with Crippen LogP contribution in [0.2, 0.25) is 0 Å². The molecule has 15 heavy (non-hydrogen) atoms. The van der Waals surface area contributed by atoms with Gasteiger partial charge in [0.05, 0.1) is 5.56 Å². The summed E-state index contributed by atoms with van der Waals surface area (Å²) < 4.78 is 46.9. The highest BCUT2D eigenvalue weighted by atomic mass is 127. The summed E-state index contributed by atoms with van der Waals surface area (Å²) in [7, 11) is -3.96. The van der Waals surface area contributed by atoms with Gasteiger partial charge in [-0.15, -0.1) is 0 Å². The molecule has 2 N–H and O–H groups in total. The lowest BCUT2D eigenvalue weighted by molar-refractivity contribution is 0.148. The van der Waals surface area contributed by atoms with Crippen LogP contribution in [0.3, 0.4) is 0 Å². The van der Waals surface area contributed by atoms with Crippen LogP contribution < -0.4 is 5.14 Å². The molecule has 0 atom stereocenters. The average molecular weight is 460 g/mol. The van der Waals surface area contributed by atoms with Gasteiger partial charge in [0.2, 0.25) is 0 Å². The zero-order valence-corrected chi connectivity index (χ0v) is 12.0. The summed E-state index contributed by atoms with van der Waals surface area (Å²) in [5, 5.41) is 4.43. The van der Waals surface area contributed by atoms with Crippen molar-refractivity contribution in [2.75, 3.05) is 0 Å². The Hall–Kier alpha value is 0.380. The fourth-order valence-corrected chi connectivity index (χ4v) is 3.78. The molecule has 0 saturated carbocycles. The number of nitrogens with zero attached hydrogens (tertiary/aromatic N) is 1. The number of hydrogen-bond donors (Lipinski definition) is 1. The van der Waals surface area contributed by atoms with Crippen LogP contribution >= 0.6 is 45.2 Å². The number of hydrogen-bond acceptors (Lipinski definition) is 3. The third-order valence-corrected chi connectivity index (χ3v) is 3.95. The summed E-state index contributed by atoms with van der Waals surface area (Å²) in [5.41, 5.74) is -0.274. The number of nitrogens with two attached hydrogens (primary N) is 1. The molecule has 84 valence electrons. The van der Waals surface area contributed by atoms with Crippen LogP contribution in [0.25, 0.3) is 0 Å². The quantitative estimate of drug-likeness (QED) is 0.542. The second-order valence-electron chi connectivity index (χ2n) is 2.49. The zero-order valence-electron chi connectivity index (χ0n) is 6.92. The molecule has 0 bridgehead atoms. The van der Waals surface area contributed by atoms with Gasteiger partial charge in [0.15, 0.2) is 5.03 Å². The van der Waals surface area contributed by atoms with Gasteiger partial charge >= 0.3 is 0 Å². The van der Waals surface area contributed by atoms with E-state index < -0.39 is 21.5 Å². The van der Waals surface area contributed by atoms with E-state index in [4.69, 9.17) is 5.14 Å². The molecule has 0 fully saturated rings. The van der Waals surface area contributed by atoms with E-state index in [0.29, 0.717) is 0 Å². The largest absolute Gasteiger partial charge is 0.267 e. The van der Waals surface area contributed by atoms with Gasteiger partial charge < -0.3 is 0 Å². The highest BCUT2D eigenvalue weighted by Gasteiger charge is 2.21. The summed E-state index contributed by atoms with van der Waals surface area (Å²) in [6.45, 7) is 0. The van der Waals surface area contributed by atoms with Crippen molar-refractivity contribution in [3.8, 4) is 0 Å². The van der Waals surface area contributed by atoms with Crippen LogP contribution in [0.4, 0.5) is 8.78 Å². The number of halogens is 4. The molecular weight excluding hydrogens is 456 g/mol. The summed E-state index contributed by atoms with van der Waals surface area (Å²) in [6.07, 6.45) is -2.69. The minimum absolute atomic E-state index is 0.0569. The molecule has 1 rings (SSSR count). The molecule has 0 amide bonds. The van der Waals surface area contributed by atoms with Crippen molar-refractivity contribution in [3.63, 3.8) is 0 Å². The molecule has 4 nitrogen and oxygen atoms in total. The minimum atomic E-state index is -3.96. The van der Waals surface area contributed by atoms with Crippen LogP contribution in [0, 0.1) is 7.27 Å². The maximum atomic E-state index is 12.5. The van der Waals surface area contributed by atoms with Gasteiger partial charge in [0.25, 0.3) is 16.4 Å². The van der Waals surface area contributed by atoms with Crippen LogP contribution in [0.1, 0.15) is 12.0 Å². The first kappa shape index (κ1) is 13.4. The Morgan fingerprint density at radius 1 is 1.40 bits per heavy atom. The second kappa shape index (κ2) is 4.71. The first-order valence-electron chi connectivity index (χ1n) is 3.40. The highest BCUT2D eigenvalue weighted by molar-refractivity contribution is 14.1. The maximum Gasteiger partial charge on any atom is 0.267 e. The predicted octanol–water partition coefficient (Wildman–Crippen LogP) is 1.88. The lowest BCUT2D eigenvalue weighted by Crippen LogP contribution is -2.15. The zero-order chi connectivity index (χ0) is 11.8. The van der Waals surface area contributed by atoms with Crippen LogP contribution in [-0.4, -0.2) is 13.4 Å². The van der Waals surface area contributed by atoms with Crippen LogP contribution in [0.15, 0.2) is 11.1 Å². The summed E-state index contributed by atoms with van der Waals surface area (Å²) in [4.78, 5) is 3.52. The number of primary sulfonamides is 1. The molecule has 1 aromatic rings. The van der Waals surface area contributed by atoms with E-state index in [1.54, 1.807) is 45.2 Å². The Balaban J connectivity index is 3.45. The predicted molar refractivity (Wildman–Crippen MR) is 66.0 cm³/mol. The van der Waals surface area contributed by atoms with E-state index in [0.717, 1.165) is 6.07 Å². The molecular formula is C6H4F2I2N2O2S. The Morgan fingerprint density at radius 3 is 2.27 bits per heavy atom. The van der Waals surface area contributed by atoms with Crippen molar-refractivity contribution in [3.05, 3.63) is 18.9 Å². The summed E-state index contributed by atoms with van der Waals surface area (Å²) in [6, 6.07) is 1.03. The van der Waals surface area contributed by atoms with Crippen molar-refractivity contribution in [1.82, 2.24) is 4.98 Å². The standard InChI is InChI=1S/C6H4F2I2N2O2S/c7-5(8)4-2(9)1-3(12-6(4)10)15(11,13)14/h1,5H,(H2,11,13,14). The van der Waals surface area contributed by atoms with Crippen LogP contribution in [-0.2, 0) is 10.0 Å². The molecule has 0 radical (unpaired) electrons. The van der Waals surface area contributed by atoms with E-state index in [-0.39, 0.29) is 12.8 Å². The molecule has 0 saturated heterocycles. The minimum Gasteiger partial charge on any atom is -0.228 e. The first-order chi connectivity index (χ1) is 6.73. The first-order valence-corrected chi connectivity index (χ1v) is 7.10. The van der Waals surface area contributed by atoms with E-state index in [1.807, 2.05) is 0 Å². The van der Waals surface area contributed by atoms with Crippen molar-refractivity contribution in [2.45, 2.75) is 11.5 Å². The van der Waals surface area contributed by atoms with E-state index in [2.05, 4.69) is 4.98 Å². The fourth-order valence-electron chi connectivity index (χ4n) is 0.814. The van der Waals surface area contributed by atoms with Gasteiger partial charge in [-0.25, -0.2) is 27.3 Å². The van der Waals surface area contributed by atoms with Crippen molar-refractivity contribution < 1.29 is 17.2 Å². The number of rotatable bonds is 2. The van der Waals surface area contributed by atoms with Gasteiger partial charge in [-0.05, 0) is 51.2 Å². The molecule has 0 aliphatic rings. The third kappa shape index (κ3) is 3.17. The Morgan fingerprint density at radius 2 is 1.93 bits per heavy atom. The van der Waals surface area contributed by atoms with Gasteiger partial charge in [-0.2, -0.15) is 0 Å². The highest BCUT2D eigenvalue weighted by Crippen LogP contribution is 2.29. The number of sulfonamides is 1. The average Bonchev–Trinajstić information content (AvgIpc) is 1.99. The third-order valence-electron chi connectivity index (χ3n) is 1.45. The molecule has 0 aliphatic heterocycles. The van der Waals surface area contributed by atoms with Crippen molar-refractivity contribution >= 4 is 55.2 Å². The molecule has 1 heterocycles. The summed E-state index contributed by atoms with van der Waals surface area (Å²) >= 11 is 3.17. The lowest BCUT2D eigenvalue weighted by atomic mass is 10.3. The van der Waals surface area contributed by atoms with Gasteiger partial charge in [0, 0.05) is 3.57 Å². The molecule has 0 unspecified atom stereocenters.